The van der Waals surface area contributed by atoms with Crippen molar-refractivity contribution < 1.29 is 28.7 Å². The number of carbonyl (C=O) groups excluding carboxylic acids is 4. The Morgan fingerprint density at radius 3 is 2.65 bits per heavy atom. The Morgan fingerprint density at radius 2 is 2.04 bits per heavy atom. The van der Waals surface area contributed by atoms with Gasteiger partial charge in [-0.15, -0.1) is 0 Å². The van der Waals surface area contributed by atoms with Crippen LogP contribution in [0.5, 0.6) is 0 Å². The number of fused-ring (bicyclic) bond motifs is 3. The number of esters is 2. The molecule has 0 aromatic heterocycles. The molecule has 1 aliphatic heterocycles. The summed E-state index contributed by atoms with van der Waals surface area (Å²) in [5, 5.41) is 0. The van der Waals surface area contributed by atoms with Crippen LogP contribution in [0.1, 0.15) is 34.1 Å². The first-order chi connectivity index (χ1) is 12.3. The summed E-state index contributed by atoms with van der Waals surface area (Å²) >= 11 is 0. The Morgan fingerprint density at radius 1 is 1.35 bits per heavy atom. The van der Waals surface area contributed by atoms with Crippen molar-refractivity contribution in [3.63, 3.8) is 0 Å². The zero-order chi connectivity index (χ0) is 19.2. The molecule has 0 saturated carbocycles. The largest absolute Gasteiger partial charge is 0.461 e. The fraction of sp³-hybridized carbons (Fsp3) is 0.500. The summed E-state index contributed by atoms with van der Waals surface area (Å²) in [7, 11) is 0. The molecule has 3 aliphatic rings. The molecule has 138 valence electrons. The third-order valence-electron chi connectivity index (χ3n) is 5.69. The van der Waals surface area contributed by atoms with Crippen LogP contribution in [0.25, 0.3) is 0 Å². The van der Waals surface area contributed by atoms with Crippen molar-refractivity contribution in [2.24, 2.45) is 17.8 Å². The quantitative estimate of drug-likeness (QED) is 0.436. The van der Waals surface area contributed by atoms with Crippen molar-refractivity contribution in [2.75, 3.05) is 0 Å². The van der Waals surface area contributed by atoms with Crippen LogP contribution in [-0.2, 0) is 28.7 Å². The van der Waals surface area contributed by atoms with Crippen molar-refractivity contribution >= 4 is 24.0 Å². The first-order valence-corrected chi connectivity index (χ1v) is 8.75. The fourth-order valence-electron chi connectivity index (χ4n) is 4.16. The highest BCUT2D eigenvalue weighted by molar-refractivity contribution is 6.11. The van der Waals surface area contributed by atoms with E-state index in [1.165, 1.54) is 6.08 Å². The summed E-state index contributed by atoms with van der Waals surface area (Å²) in [5.41, 5.74) is 1.89. The first kappa shape index (κ1) is 18.3. The van der Waals surface area contributed by atoms with Gasteiger partial charge in [-0.3, -0.25) is 14.4 Å². The van der Waals surface area contributed by atoms with Gasteiger partial charge in [0.1, 0.15) is 18.5 Å². The number of ether oxygens (including phenoxy) is 2. The third-order valence-corrected chi connectivity index (χ3v) is 5.69. The molecule has 0 spiro atoms. The lowest BCUT2D eigenvalue weighted by Crippen LogP contribution is -2.38. The highest BCUT2D eigenvalue weighted by Gasteiger charge is 2.55. The van der Waals surface area contributed by atoms with Gasteiger partial charge >= 0.3 is 11.9 Å². The molecule has 1 heterocycles. The van der Waals surface area contributed by atoms with E-state index in [1.807, 2.05) is 0 Å². The Labute approximate surface area is 151 Å². The topological polar surface area (TPSA) is 86.7 Å². The molecule has 3 rings (SSSR count). The zero-order valence-corrected chi connectivity index (χ0v) is 15.3. The highest BCUT2D eigenvalue weighted by atomic mass is 16.6. The van der Waals surface area contributed by atoms with Crippen molar-refractivity contribution in [1.82, 2.24) is 0 Å². The maximum atomic E-state index is 12.4. The van der Waals surface area contributed by atoms with Gasteiger partial charge in [-0.2, -0.15) is 0 Å². The average molecular weight is 358 g/mol. The SMILES string of the molecule is CC=C(C)C(=O)OC1CC(C=O)=C2C(=O)C=C(C)C2C2OC(=O)C(C)C12. The van der Waals surface area contributed by atoms with Crippen LogP contribution in [0.4, 0.5) is 0 Å². The Balaban J connectivity index is 2.07. The normalized spacial score (nSPS) is 33.9. The molecule has 6 nitrogen and oxygen atoms in total. The van der Waals surface area contributed by atoms with Crippen LogP contribution in [0.3, 0.4) is 0 Å². The lowest BCUT2D eigenvalue weighted by atomic mass is 9.79. The van der Waals surface area contributed by atoms with Crippen molar-refractivity contribution in [3.05, 3.63) is 34.4 Å². The van der Waals surface area contributed by atoms with Crippen LogP contribution in [-0.4, -0.2) is 36.2 Å². The summed E-state index contributed by atoms with van der Waals surface area (Å²) < 4.78 is 11.3. The van der Waals surface area contributed by atoms with E-state index in [2.05, 4.69) is 0 Å². The van der Waals surface area contributed by atoms with Gasteiger partial charge in [-0.1, -0.05) is 18.6 Å². The van der Waals surface area contributed by atoms with Gasteiger partial charge < -0.3 is 9.47 Å². The maximum Gasteiger partial charge on any atom is 0.333 e. The lowest BCUT2D eigenvalue weighted by Gasteiger charge is -2.29. The summed E-state index contributed by atoms with van der Waals surface area (Å²) in [6.07, 6.45) is 2.57. The van der Waals surface area contributed by atoms with E-state index in [4.69, 9.17) is 9.47 Å². The second-order valence-electron chi connectivity index (χ2n) is 7.17. The maximum absolute atomic E-state index is 12.4. The summed E-state index contributed by atoms with van der Waals surface area (Å²) in [6, 6.07) is 0. The molecule has 0 aromatic rings. The molecule has 0 bridgehead atoms. The van der Waals surface area contributed by atoms with E-state index in [0.717, 1.165) is 5.57 Å². The van der Waals surface area contributed by atoms with E-state index in [9.17, 15) is 19.2 Å². The zero-order valence-electron chi connectivity index (χ0n) is 15.3. The van der Waals surface area contributed by atoms with E-state index in [0.29, 0.717) is 23.0 Å². The second kappa shape index (κ2) is 6.67. The van der Waals surface area contributed by atoms with Crippen molar-refractivity contribution in [1.29, 1.82) is 0 Å². The van der Waals surface area contributed by atoms with Gasteiger partial charge in [-0.05, 0) is 26.8 Å². The van der Waals surface area contributed by atoms with Crippen LogP contribution in [0.2, 0.25) is 0 Å². The molecule has 0 aromatic carbocycles. The molecule has 1 saturated heterocycles. The predicted octanol–water partition coefficient (Wildman–Crippen LogP) is 2.09. The lowest BCUT2D eigenvalue weighted by molar-refractivity contribution is -0.149. The number of carbonyl (C=O) groups is 4. The Kier molecular flexibility index (Phi) is 4.69. The number of hydrogen-bond acceptors (Lipinski definition) is 6. The predicted molar refractivity (Wildman–Crippen MR) is 91.8 cm³/mol. The van der Waals surface area contributed by atoms with E-state index in [1.54, 1.807) is 33.8 Å². The standard InChI is InChI=1S/C20H22O6/c1-5-9(2)19(23)25-14-7-12(8-21)17-13(22)6-10(3)15(17)18-16(14)11(4)20(24)26-18/h5-6,8,11,14-16,18H,7H2,1-4H3. The average Bonchev–Trinajstić information content (AvgIpc) is 3.00. The van der Waals surface area contributed by atoms with E-state index < -0.39 is 35.9 Å². The van der Waals surface area contributed by atoms with Gasteiger partial charge in [0.05, 0.1) is 5.92 Å². The minimum Gasteiger partial charge on any atom is -0.461 e. The van der Waals surface area contributed by atoms with Crippen LogP contribution < -0.4 is 0 Å². The summed E-state index contributed by atoms with van der Waals surface area (Å²) in [6.45, 7) is 6.90. The van der Waals surface area contributed by atoms with Gasteiger partial charge in [0.25, 0.3) is 0 Å². The summed E-state index contributed by atoms with van der Waals surface area (Å²) in [4.78, 5) is 48.7. The molecular weight excluding hydrogens is 336 g/mol. The third kappa shape index (κ3) is 2.73. The molecule has 0 radical (unpaired) electrons. The van der Waals surface area contributed by atoms with Crippen LogP contribution in [0, 0.1) is 17.8 Å². The van der Waals surface area contributed by atoms with Gasteiger partial charge in [-0.25, -0.2) is 4.79 Å². The molecule has 0 amide bonds. The number of ketones is 1. The molecule has 5 atom stereocenters. The molecule has 1 fully saturated rings. The molecule has 0 N–H and O–H groups in total. The van der Waals surface area contributed by atoms with Gasteiger partial charge in [0.15, 0.2) is 5.78 Å². The monoisotopic (exact) mass is 358 g/mol. The second-order valence-corrected chi connectivity index (χ2v) is 7.17. The van der Waals surface area contributed by atoms with E-state index >= 15 is 0 Å². The van der Waals surface area contributed by atoms with Crippen LogP contribution >= 0.6 is 0 Å². The van der Waals surface area contributed by atoms with Gasteiger partial charge in [0.2, 0.25) is 0 Å². The summed E-state index contributed by atoms with van der Waals surface area (Å²) in [5.74, 6) is -2.45. The minimum atomic E-state index is -0.706. The van der Waals surface area contributed by atoms with Gasteiger partial charge in [0, 0.05) is 35.0 Å². The number of hydrogen-bond donors (Lipinski definition) is 0. The van der Waals surface area contributed by atoms with Crippen LogP contribution in [0.15, 0.2) is 34.4 Å². The number of aldehydes is 1. The Bertz CT molecular complexity index is 784. The molecule has 6 heteroatoms. The number of allylic oxidation sites excluding steroid dienone is 2. The Hall–Kier alpha value is -2.50. The minimum absolute atomic E-state index is 0.104. The first-order valence-electron chi connectivity index (χ1n) is 8.75. The molecular formula is C20H22O6. The fourth-order valence-corrected chi connectivity index (χ4v) is 4.16. The van der Waals surface area contributed by atoms with Crippen molar-refractivity contribution in [3.8, 4) is 0 Å². The molecule has 5 unspecified atom stereocenters. The number of rotatable bonds is 3. The smallest absolute Gasteiger partial charge is 0.333 e. The van der Waals surface area contributed by atoms with Crippen molar-refractivity contribution in [2.45, 2.75) is 46.3 Å². The highest BCUT2D eigenvalue weighted by Crippen LogP contribution is 2.48. The molecule has 2 aliphatic carbocycles. The van der Waals surface area contributed by atoms with E-state index in [-0.39, 0.29) is 18.2 Å². The molecule has 26 heavy (non-hydrogen) atoms.